The summed E-state index contributed by atoms with van der Waals surface area (Å²) in [7, 11) is 0. The van der Waals surface area contributed by atoms with Crippen LogP contribution < -0.4 is 0 Å². The molecular weight excluding hydrogens is 294 g/mol. The van der Waals surface area contributed by atoms with Crippen LogP contribution in [0.2, 0.25) is 0 Å². The number of nitrogens with zero attached hydrogens (tertiary/aromatic N) is 2. The molecule has 3 nitrogen and oxygen atoms in total. The zero-order valence-electron chi connectivity index (χ0n) is 13.9. The molecule has 0 amide bonds. The summed E-state index contributed by atoms with van der Waals surface area (Å²) in [6.45, 7) is 13.6. The van der Waals surface area contributed by atoms with Gasteiger partial charge >= 0.3 is 0 Å². The van der Waals surface area contributed by atoms with E-state index in [-0.39, 0.29) is 0 Å². The molecule has 0 aliphatic carbocycles. The van der Waals surface area contributed by atoms with E-state index in [1.165, 1.54) is 0 Å². The maximum absolute atomic E-state index is 4.73. The highest BCUT2D eigenvalue weighted by Crippen LogP contribution is 2.23. The first-order chi connectivity index (χ1) is 11.7. The number of rotatable bonds is 7. The van der Waals surface area contributed by atoms with E-state index in [9.17, 15) is 0 Å². The highest BCUT2D eigenvalue weighted by molar-refractivity contribution is 5.90. The van der Waals surface area contributed by atoms with Gasteiger partial charge in [0.25, 0.3) is 0 Å². The van der Waals surface area contributed by atoms with Crippen LogP contribution in [-0.4, -0.2) is 15.2 Å². The van der Waals surface area contributed by atoms with E-state index in [1.54, 1.807) is 12.2 Å². The predicted octanol–water partition coefficient (Wildman–Crippen LogP) is 5.42. The van der Waals surface area contributed by atoms with Crippen LogP contribution >= 0.6 is 0 Å². The zero-order valence-corrected chi connectivity index (χ0v) is 13.9. The van der Waals surface area contributed by atoms with Gasteiger partial charge in [-0.25, -0.2) is 4.98 Å². The lowest BCUT2D eigenvalue weighted by molar-refractivity contribution is 1.10. The van der Waals surface area contributed by atoms with Crippen molar-refractivity contribution in [2.75, 3.05) is 0 Å². The maximum Gasteiger partial charge on any atom is 0.118 e. The van der Waals surface area contributed by atoms with Crippen LogP contribution in [0, 0.1) is 0 Å². The molecule has 120 valence electrons. The number of aromatic amines is 1. The molecule has 0 radical (unpaired) electrons. The van der Waals surface area contributed by atoms with Gasteiger partial charge in [0.05, 0.1) is 11.2 Å². The minimum Gasteiger partial charge on any atom is -0.276 e. The van der Waals surface area contributed by atoms with Crippen LogP contribution in [0.3, 0.4) is 0 Å². The molecule has 0 saturated carbocycles. The van der Waals surface area contributed by atoms with Gasteiger partial charge in [0.15, 0.2) is 0 Å². The number of aromatic nitrogens is 3. The van der Waals surface area contributed by atoms with Crippen LogP contribution in [0.4, 0.5) is 0 Å². The summed E-state index contributed by atoms with van der Waals surface area (Å²) >= 11 is 0. The summed E-state index contributed by atoms with van der Waals surface area (Å²) in [5, 5.41) is 7.34. The van der Waals surface area contributed by atoms with Gasteiger partial charge in [0.1, 0.15) is 11.2 Å². The first-order valence-corrected chi connectivity index (χ1v) is 7.67. The Balaban J connectivity index is 2.46. The number of H-pyrrole nitrogens is 1. The van der Waals surface area contributed by atoms with Gasteiger partial charge in [-0.3, -0.25) is 5.10 Å². The minimum absolute atomic E-state index is 0.748. The van der Waals surface area contributed by atoms with Crippen molar-refractivity contribution in [1.29, 1.82) is 0 Å². The van der Waals surface area contributed by atoms with E-state index >= 15 is 0 Å². The third kappa shape index (κ3) is 3.96. The first kappa shape index (κ1) is 17.2. The molecule has 0 unspecified atom stereocenters. The van der Waals surface area contributed by atoms with E-state index in [0.29, 0.717) is 0 Å². The molecule has 0 aliphatic rings. The summed E-state index contributed by atoms with van der Waals surface area (Å²) in [4.78, 5) is 4.73. The molecule has 0 saturated heterocycles. The maximum atomic E-state index is 4.73. The molecule has 0 atom stereocenters. The fourth-order valence-electron chi connectivity index (χ4n) is 2.14. The van der Waals surface area contributed by atoms with Crippen molar-refractivity contribution in [1.82, 2.24) is 15.2 Å². The number of pyridine rings is 1. The predicted molar refractivity (Wildman–Crippen MR) is 104 cm³/mol. The lowest BCUT2D eigenvalue weighted by Crippen LogP contribution is -1.89. The fourth-order valence-corrected chi connectivity index (χ4v) is 2.14. The molecule has 0 fully saturated rings. The van der Waals surface area contributed by atoms with Crippen molar-refractivity contribution >= 4 is 22.2 Å². The molecule has 0 aromatic carbocycles. The Morgan fingerprint density at radius 1 is 1.12 bits per heavy atom. The van der Waals surface area contributed by atoms with E-state index in [0.717, 1.165) is 33.6 Å². The van der Waals surface area contributed by atoms with Crippen molar-refractivity contribution in [2.24, 2.45) is 0 Å². The molecular formula is C21H21N3. The van der Waals surface area contributed by atoms with Crippen LogP contribution in [0.25, 0.3) is 22.2 Å². The normalized spacial score (nSPS) is 12.6. The lowest BCUT2D eigenvalue weighted by Gasteiger charge is -2.02. The molecule has 3 heteroatoms. The summed E-state index contributed by atoms with van der Waals surface area (Å²) in [6.07, 6.45) is 17.0. The Labute approximate surface area is 142 Å². The number of nitrogens with one attached hydrogen (secondary N) is 1. The molecule has 0 spiro atoms. The van der Waals surface area contributed by atoms with Crippen molar-refractivity contribution in [3.8, 4) is 0 Å². The third-order valence-electron chi connectivity index (χ3n) is 3.35. The summed E-state index contributed by atoms with van der Waals surface area (Å²) < 4.78 is 0. The zero-order chi connectivity index (χ0) is 17.4. The van der Waals surface area contributed by atoms with E-state index in [4.69, 9.17) is 4.98 Å². The average molecular weight is 315 g/mol. The van der Waals surface area contributed by atoms with Gasteiger partial charge in [-0.15, -0.1) is 0 Å². The van der Waals surface area contributed by atoms with E-state index in [2.05, 4.69) is 29.9 Å². The van der Waals surface area contributed by atoms with Crippen LogP contribution in [0.1, 0.15) is 18.3 Å². The third-order valence-corrected chi connectivity index (χ3v) is 3.35. The molecule has 2 heterocycles. The molecule has 24 heavy (non-hydrogen) atoms. The second-order valence-electron chi connectivity index (χ2n) is 5.02. The van der Waals surface area contributed by atoms with Gasteiger partial charge < -0.3 is 0 Å². The van der Waals surface area contributed by atoms with Gasteiger partial charge in [0.2, 0.25) is 0 Å². The van der Waals surface area contributed by atoms with Crippen LogP contribution in [0.15, 0.2) is 86.6 Å². The first-order valence-electron chi connectivity index (χ1n) is 7.67. The lowest BCUT2D eigenvalue weighted by atomic mass is 10.1. The number of fused-ring (bicyclic) bond motifs is 1. The Morgan fingerprint density at radius 2 is 1.96 bits per heavy atom. The van der Waals surface area contributed by atoms with E-state index < -0.39 is 0 Å². The molecule has 2 aromatic rings. The second-order valence-corrected chi connectivity index (χ2v) is 5.02. The molecule has 1 N–H and O–H groups in total. The average Bonchev–Trinajstić information content (AvgIpc) is 3.02. The van der Waals surface area contributed by atoms with Crippen molar-refractivity contribution in [3.05, 3.63) is 97.9 Å². The number of allylic oxidation sites excluding steroid dienone is 11. The van der Waals surface area contributed by atoms with Crippen molar-refractivity contribution in [2.45, 2.75) is 6.92 Å². The molecule has 2 aromatic heterocycles. The Morgan fingerprint density at radius 3 is 2.67 bits per heavy atom. The minimum atomic E-state index is 0.748. The second kappa shape index (κ2) is 8.44. The quantitative estimate of drug-likeness (QED) is 0.694. The smallest absolute Gasteiger partial charge is 0.118 e. The Bertz CT molecular complexity index is 874. The molecule has 0 aliphatic heterocycles. The van der Waals surface area contributed by atoms with Gasteiger partial charge in [0, 0.05) is 0 Å². The number of hydrogen-bond acceptors (Lipinski definition) is 2. The largest absolute Gasteiger partial charge is 0.276 e. The summed E-state index contributed by atoms with van der Waals surface area (Å²) in [5.41, 5.74) is 4.98. The highest BCUT2D eigenvalue weighted by Gasteiger charge is 2.10. The van der Waals surface area contributed by atoms with Crippen LogP contribution in [-0.2, 0) is 0 Å². The van der Waals surface area contributed by atoms with Gasteiger partial charge in [-0.2, -0.15) is 5.10 Å². The Kier molecular flexibility index (Phi) is 6.03. The summed E-state index contributed by atoms with van der Waals surface area (Å²) in [5.74, 6) is 0. The van der Waals surface area contributed by atoms with Gasteiger partial charge in [-0.05, 0) is 30.2 Å². The van der Waals surface area contributed by atoms with Gasteiger partial charge in [-0.1, -0.05) is 74.4 Å². The van der Waals surface area contributed by atoms with Crippen LogP contribution in [0.5, 0.6) is 0 Å². The topological polar surface area (TPSA) is 41.6 Å². The highest BCUT2D eigenvalue weighted by atomic mass is 15.1. The molecule has 2 rings (SSSR count). The summed E-state index contributed by atoms with van der Waals surface area (Å²) in [6, 6.07) is 3.91. The standard InChI is InChI=1S/C21H21N3/c1-5-8-10-12-16(4)20-21-19(23-24-20)15-14-18(22-21)17(7-3)13-11-9-6-2/h5-15H,2-4H2,1H3,(H,23,24)/b8-5-,11-9-,12-10-,17-13+. The number of hydrogen-bond donors (Lipinski definition) is 1. The van der Waals surface area contributed by atoms with E-state index in [1.807, 2.05) is 61.6 Å². The molecule has 0 bridgehead atoms. The van der Waals surface area contributed by atoms with Crippen molar-refractivity contribution < 1.29 is 0 Å². The Hall–Kier alpha value is -3.20. The van der Waals surface area contributed by atoms with Crippen molar-refractivity contribution in [3.63, 3.8) is 0 Å². The fraction of sp³-hybridized carbons (Fsp3) is 0.0476. The monoisotopic (exact) mass is 315 g/mol. The SMILES string of the molecule is C=C/C=C\C=C(/C=C)c1ccc2[nH]nc(C(=C)/C=C\C=C/C)c2n1.